The zero-order valence-corrected chi connectivity index (χ0v) is 18.5. The molecule has 1 aliphatic carbocycles. The Morgan fingerprint density at radius 1 is 1.10 bits per heavy atom. The summed E-state index contributed by atoms with van der Waals surface area (Å²) >= 11 is 0. The molecule has 1 saturated carbocycles. The first-order valence-electron chi connectivity index (χ1n) is 11.0. The summed E-state index contributed by atoms with van der Waals surface area (Å²) in [5.74, 6) is 1.53. The SMILES string of the molecule is CCOc1ccccc1[C@H]1CC[C@@H](OC[C@@H]2NCCCC[C@@H]2NS(C)(=O)=O)CC1. The summed E-state index contributed by atoms with van der Waals surface area (Å²) in [4.78, 5) is 0. The van der Waals surface area contributed by atoms with Crippen molar-refractivity contribution in [2.45, 2.75) is 76.0 Å². The molecule has 1 heterocycles. The fourth-order valence-electron chi connectivity index (χ4n) is 4.60. The first kappa shape index (κ1) is 22.5. The van der Waals surface area contributed by atoms with Crippen LogP contribution in [0.15, 0.2) is 24.3 Å². The molecule has 0 spiro atoms. The van der Waals surface area contributed by atoms with E-state index in [1.54, 1.807) is 0 Å². The molecule has 164 valence electrons. The number of ether oxygens (including phenoxy) is 2. The molecule has 1 aromatic rings. The summed E-state index contributed by atoms with van der Waals surface area (Å²) in [7, 11) is -3.22. The van der Waals surface area contributed by atoms with E-state index in [0.29, 0.717) is 19.1 Å². The fourth-order valence-corrected chi connectivity index (χ4v) is 5.43. The van der Waals surface area contributed by atoms with E-state index in [9.17, 15) is 8.42 Å². The third kappa shape index (κ3) is 6.95. The van der Waals surface area contributed by atoms with E-state index >= 15 is 0 Å². The van der Waals surface area contributed by atoms with Crippen LogP contribution < -0.4 is 14.8 Å². The molecule has 2 atom stereocenters. The van der Waals surface area contributed by atoms with Gasteiger partial charge in [-0.05, 0) is 69.5 Å². The molecule has 3 rings (SSSR count). The highest BCUT2D eigenvalue weighted by Crippen LogP contribution is 2.38. The third-order valence-corrected chi connectivity index (χ3v) is 6.77. The van der Waals surface area contributed by atoms with Crippen molar-refractivity contribution in [1.29, 1.82) is 0 Å². The number of hydrogen-bond donors (Lipinski definition) is 2. The minimum Gasteiger partial charge on any atom is -0.494 e. The molecule has 2 N–H and O–H groups in total. The average molecular weight is 425 g/mol. The Bertz CT molecular complexity index is 732. The largest absolute Gasteiger partial charge is 0.494 e. The zero-order chi connectivity index (χ0) is 20.7. The van der Waals surface area contributed by atoms with Gasteiger partial charge in [0.15, 0.2) is 0 Å². The normalized spacial score (nSPS) is 28.6. The Morgan fingerprint density at radius 3 is 2.59 bits per heavy atom. The molecular formula is C22H36N2O4S. The minimum atomic E-state index is -3.22. The maximum Gasteiger partial charge on any atom is 0.209 e. The summed E-state index contributed by atoms with van der Waals surface area (Å²) in [6.07, 6.45) is 8.69. The molecule has 1 saturated heterocycles. The lowest BCUT2D eigenvalue weighted by Gasteiger charge is -2.32. The van der Waals surface area contributed by atoms with Gasteiger partial charge in [-0.1, -0.05) is 24.6 Å². The highest BCUT2D eigenvalue weighted by molar-refractivity contribution is 7.88. The summed E-state index contributed by atoms with van der Waals surface area (Å²) < 4.78 is 38.3. The third-order valence-electron chi connectivity index (χ3n) is 6.04. The molecule has 2 fully saturated rings. The number of sulfonamides is 1. The van der Waals surface area contributed by atoms with Crippen molar-refractivity contribution >= 4 is 10.0 Å². The van der Waals surface area contributed by atoms with Gasteiger partial charge in [-0.2, -0.15) is 0 Å². The topological polar surface area (TPSA) is 76.7 Å². The second-order valence-corrected chi connectivity index (χ2v) is 10.1. The predicted molar refractivity (Wildman–Crippen MR) is 116 cm³/mol. The van der Waals surface area contributed by atoms with Crippen LogP contribution in [0.5, 0.6) is 5.75 Å². The zero-order valence-electron chi connectivity index (χ0n) is 17.7. The van der Waals surface area contributed by atoms with E-state index in [1.807, 2.05) is 13.0 Å². The van der Waals surface area contributed by atoms with E-state index < -0.39 is 10.0 Å². The van der Waals surface area contributed by atoms with Crippen molar-refractivity contribution in [3.63, 3.8) is 0 Å². The highest BCUT2D eigenvalue weighted by atomic mass is 32.2. The van der Waals surface area contributed by atoms with Crippen LogP contribution in [0.4, 0.5) is 0 Å². The van der Waals surface area contributed by atoms with Gasteiger partial charge in [-0.15, -0.1) is 0 Å². The van der Waals surface area contributed by atoms with Gasteiger partial charge in [0.05, 0.1) is 25.6 Å². The summed E-state index contributed by atoms with van der Waals surface area (Å²) in [5.41, 5.74) is 1.32. The number of rotatable bonds is 8. The van der Waals surface area contributed by atoms with Crippen LogP contribution in [0.25, 0.3) is 0 Å². The van der Waals surface area contributed by atoms with E-state index in [2.05, 4.69) is 28.2 Å². The number of hydrogen-bond acceptors (Lipinski definition) is 5. The molecule has 0 bridgehead atoms. The van der Waals surface area contributed by atoms with Crippen molar-refractivity contribution in [3.8, 4) is 5.75 Å². The van der Waals surface area contributed by atoms with Gasteiger partial charge >= 0.3 is 0 Å². The van der Waals surface area contributed by atoms with Gasteiger partial charge in [-0.3, -0.25) is 0 Å². The van der Waals surface area contributed by atoms with Gasteiger partial charge in [0.25, 0.3) is 0 Å². The van der Waals surface area contributed by atoms with Gasteiger partial charge in [-0.25, -0.2) is 13.1 Å². The van der Waals surface area contributed by atoms with Crippen molar-refractivity contribution in [1.82, 2.24) is 10.0 Å². The Morgan fingerprint density at radius 2 is 1.86 bits per heavy atom. The van der Waals surface area contributed by atoms with Crippen LogP contribution in [0.3, 0.4) is 0 Å². The van der Waals surface area contributed by atoms with Gasteiger partial charge in [0.1, 0.15) is 5.75 Å². The predicted octanol–water partition coefficient (Wildman–Crippen LogP) is 3.19. The van der Waals surface area contributed by atoms with E-state index in [1.165, 1.54) is 11.8 Å². The summed E-state index contributed by atoms with van der Waals surface area (Å²) in [6.45, 7) is 4.18. The van der Waals surface area contributed by atoms with Crippen molar-refractivity contribution in [3.05, 3.63) is 29.8 Å². The molecule has 0 aromatic heterocycles. The van der Waals surface area contributed by atoms with Gasteiger partial charge in [0.2, 0.25) is 10.0 Å². The second-order valence-electron chi connectivity index (χ2n) is 8.33. The highest BCUT2D eigenvalue weighted by Gasteiger charge is 2.29. The Labute approximate surface area is 175 Å². The molecule has 0 unspecified atom stereocenters. The minimum absolute atomic E-state index is 0.0311. The molecule has 6 nitrogen and oxygen atoms in total. The smallest absolute Gasteiger partial charge is 0.209 e. The number of benzene rings is 1. The van der Waals surface area contributed by atoms with Crippen molar-refractivity contribution < 1.29 is 17.9 Å². The molecule has 1 aromatic carbocycles. The molecule has 0 amide bonds. The second kappa shape index (κ2) is 10.8. The van der Waals surface area contributed by atoms with Crippen LogP contribution in [-0.2, 0) is 14.8 Å². The monoisotopic (exact) mass is 424 g/mol. The number of para-hydroxylation sites is 1. The first-order valence-corrected chi connectivity index (χ1v) is 12.9. The van der Waals surface area contributed by atoms with Crippen LogP contribution >= 0.6 is 0 Å². The molecule has 0 radical (unpaired) electrons. The molecule has 7 heteroatoms. The average Bonchev–Trinajstić information content (AvgIpc) is 2.91. The Balaban J connectivity index is 1.51. The van der Waals surface area contributed by atoms with Gasteiger partial charge in [0, 0.05) is 12.1 Å². The molecule has 2 aliphatic rings. The van der Waals surface area contributed by atoms with Crippen molar-refractivity contribution in [2.24, 2.45) is 0 Å². The quantitative estimate of drug-likeness (QED) is 0.670. The number of nitrogens with one attached hydrogen (secondary N) is 2. The van der Waals surface area contributed by atoms with Crippen LogP contribution in [0, 0.1) is 0 Å². The fraction of sp³-hybridized carbons (Fsp3) is 0.727. The molecular weight excluding hydrogens is 388 g/mol. The van der Waals surface area contributed by atoms with E-state index in [-0.39, 0.29) is 18.2 Å². The summed E-state index contributed by atoms with van der Waals surface area (Å²) in [6, 6.07) is 8.31. The first-order chi connectivity index (χ1) is 14.0. The Kier molecular flexibility index (Phi) is 8.35. The lowest BCUT2D eigenvalue weighted by molar-refractivity contribution is 0.00884. The van der Waals surface area contributed by atoms with Crippen LogP contribution in [0.2, 0.25) is 0 Å². The van der Waals surface area contributed by atoms with Crippen molar-refractivity contribution in [2.75, 3.05) is 26.0 Å². The maximum atomic E-state index is 11.7. The molecule has 29 heavy (non-hydrogen) atoms. The Hall–Kier alpha value is -1.15. The maximum absolute atomic E-state index is 11.7. The van der Waals surface area contributed by atoms with E-state index in [0.717, 1.165) is 57.2 Å². The lowest BCUT2D eigenvalue weighted by atomic mass is 9.82. The van der Waals surface area contributed by atoms with E-state index in [4.69, 9.17) is 9.47 Å². The van der Waals surface area contributed by atoms with Crippen LogP contribution in [0.1, 0.15) is 63.4 Å². The van der Waals surface area contributed by atoms with Crippen LogP contribution in [-0.4, -0.2) is 52.6 Å². The lowest BCUT2D eigenvalue weighted by Crippen LogP contribution is -2.51. The standard InChI is InChI=1S/C22H36N2O4S/c1-3-27-22-10-5-4-8-19(22)17-11-13-18(14-12-17)28-16-21-20(24-29(2,25)26)9-6-7-15-23-21/h4-5,8,10,17-18,20-21,23-24H,3,6-7,9,11-16H2,1-2H3/t17-,18+,20-,21-/m0/s1. The molecule has 1 aliphatic heterocycles. The van der Waals surface area contributed by atoms with Gasteiger partial charge < -0.3 is 14.8 Å². The summed E-state index contributed by atoms with van der Waals surface area (Å²) in [5, 5.41) is 3.48.